The van der Waals surface area contributed by atoms with Crippen LogP contribution in [0.25, 0.3) is 0 Å². The summed E-state index contributed by atoms with van der Waals surface area (Å²) in [5.41, 5.74) is 1.13. The molecule has 0 aliphatic heterocycles. The molecule has 1 rings (SSSR count). The van der Waals surface area contributed by atoms with Crippen molar-refractivity contribution in [2.45, 2.75) is 20.4 Å². The minimum atomic E-state index is -3.17. The zero-order valence-electron chi connectivity index (χ0n) is 15.3. The second-order valence-electron chi connectivity index (χ2n) is 5.24. The second kappa shape index (κ2) is 12.3. The molecule has 25 heavy (non-hydrogen) atoms. The van der Waals surface area contributed by atoms with Crippen molar-refractivity contribution in [1.82, 2.24) is 14.9 Å². The molecular formula is C16H29IN4O3S. The van der Waals surface area contributed by atoms with Crippen molar-refractivity contribution in [1.29, 1.82) is 0 Å². The second-order valence-corrected chi connectivity index (χ2v) is 7.33. The number of hydrogen-bond acceptors (Lipinski definition) is 4. The Morgan fingerprint density at radius 2 is 1.88 bits per heavy atom. The Kier molecular flexibility index (Phi) is 11.8. The van der Waals surface area contributed by atoms with Gasteiger partial charge in [-0.1, -0.05) is 12.1 Å². The molecule has 0 bridgehead atoms. The van der Waals surface area contributed by atoms with E-state index in [-0.39, 0.29) is 29.7 Å². The lowest BCUT2D eigenvalue weighted by Crippen LogP contribution is -2.39. The first-order valence-corrected chi connectivity index (χ1v) is 9.66. The number of ether oxygens (including phenoxy) is 1. The van der Waals surface area contributed by atoms with E-state index in [1.807, 2.05) is 43.1 Å². The summed E-state index contributed by atoms with van der Waals surface area (Å²) in [6.07, 6.45) is 0. The fraction of sp³-hybridized carbons (Fsp3) is 0.562. The van der Waals surface area contributed by atoms with Gasteiger partial charge in [0.2, 0.25) is 10.0 Å². The molecular weight excluding hydrogens is 455 g/mol. The van der Waals surface area contributed by atoms with E-state index in [4.69, 9.17) is 4.74 Å². The van der Waals surface area contributed by atoms with Gasteiger partial charge in [0.25, 0.3) is 0 Å². The first-order chi connectivity index (χ1) is 11.4. The zero-order valence-corrected chi connectivity index (χ0v) is 18.4. The maximum absolute atomic E-state index is 11.4. The number of rotatable bonds is 9. The van der Waals surface area contributed by atoms with E-state index in [0.717, 1.165) is 23.8 Å². The lowest BCUT2D eigenvalue weighted by atomic mass is 10.2. The first-order valence-electron chi connectivity index (χ1n) is 8.01. The molecule has 0 atom stereocenters. The molecule has 0 unspecified atom stereocenters. The molecule has 0 heterocycles. The Bertz CT molecular complexity index is 621. The number of aliphatic imine (C=N–C) groups is 1. The van der Waals surface area contributed by atoms with Crippen LogP contribution in [0.3, 0.4) is 0 Å². The van der Waals surface area contributed by atoms with E-state index >= 15 is 0 Å². The van der Waals surface area contributed by atoms with Gasteiger partial charge in [-0.3, -0.25) is 4.99 Å². The van der Waals surface area contributed by atoms with Crippen molar-refractivity contribution in [3.05, 3.63) is 29.8 Å². The Hall–Kier alpha value is -1.07. The number of sulfonamides is 1. The highest BCUT2D eigenvalue weighted by atomic mass is 127. The van der Waals surface area contributed by atoms with Crippen LogP contribution in [0.4, 0.5) is 0 Å². The molecule has 9 heteroatoms. The van der Waals surface area contributed by atoms with Gasteiger partial charge in [0.1, 0.15) is 5.75 Å². The summed E-state index contributed by atoms with van der Waals surface area (Å²) in [5, 5.41) is 3.21. The van der Waals surface area contributed by atoms with Crippen molar-refractivity contribution in [3.63, 3.8) is 0 Å². The van der Waals surface area contributed by atoms with Crippen molar-refractivity contribution >= 4 is 40.0 Å². The predicted octanol–water partition coefficient (Wildman–Crippen LogP) is 1.65. The average molecular weight is 484 g/mol. The molecule has 0 saturated carbocycles. The molecule has 1 aromatic rings. The fourth-order valence-corrected chi connectivity index (χ4v) is 2.62. The molecule has 0 amide bonds. The monoisotopic (exact) mass is 484 g/mol. The van der Waals surface area contributed by atoms with Crippen molar-refractivity contribution < 1.29 is 13.2 Å². The van der Waals surface area contributed by atoms with E-state index < -0.39 is 10.0 Å². The molecule has 0 aliphatic carbocycles. The summed E-state index contributed by atoms with van der Waals surface area (Å²) < 4.78 is 30.5. The van der Waals surface area contributed by atoms with Crippen molar-refractivity contribution in [2.75, 3.05) is 39.5 Å². The Balaban J connectivity index is 0.00000576. The highest BCUT2D eigenvalue weighted by Gasteiger charge is 2.08. The third-order valence-corrected chi connectivity index (χ3v) is 4.75. The lowest BCUT2D eigenvalue weighted by Gasteiger charge is -2.22. The fourth-order valence-electron chi connectivity index (χ4n) is 2.01. The number of nitrogens with one attached hydrogen (secondary N) is 2. The molecule has 0 saturated heterocycles. The quantitative estimate of drug-likeness (QED) is 0.241. The summed E-state index contributed by atoms with van der Waals surface area (Å²) in [4.78, 5) is 6.46. The van der Waals surface area contributed by atoms with Crippen molar-refractivity contribution in [3.8, 4) is 5.75 Å². The van der Waals surface area contributed by atoms with E-state index in [0.29, 0.717) is 19.6 Å². The molecule has 0 fully saturated rings. The minimum absolute atomic E-state index is 0. The summed E-state index contributed by atoms with van der Waals surface area (Å²) in [7, 11) is 0.419. The topological polar surface area (TPSA) is 83.0 Å². The average Bonchev–Trinajstić information content (AvgIpc) is 2.58. The first kappa shape index (κ1) is 23.9. The predicted molar refractivity (Wildman–Crippen MR) is 113 cm³/mol. The third kappa shape index (κ3) is 9.26. The highest BCUT2D eigenvalue weighted by Crippen LogP contribution is 2.12. The van der Waals surface area contributed by atoms with Crippen LogP contribution in [-0.4, -0.2) is 58.8 Å². The zero-order chi connectivity index (χ0) is 18.0. The van der Waals surface area contributed by atoms with Crippen LogP contribution in [-0.2, 0) is 16.6 Å². The number of methoxy groups -OCH3 is 1. The van der Waals surface area contributed by atoms with Gasteiger partial charge >= 0.3 is 0 Å². The van der Waals surface area contributed by atoms with Crippen LogP contribution in [0, 0.1) is 0 Å². The van der Waals surface area contributed by atoms with Gasteiger partial charge in [-0.2, -0.15) is 0 Å². The van der Waals surface area contributed by atoms with E-state index in [9.17, 15) is 8.42 Å². The molecule has 0 aromatic heterocycles. The van der Waals surface area contributed by atoms with Crippen molar-refractivity contribution in [2.24, 2.45) is 4.99 Å². The van der Waals surface area contributed by atoms with Crippen LogP contribution in [0.5, 0.6) is 5.75 Å². The number of benzene rings is 1. The van der Waals surface area contributed by atoms with E-state index in [1.165, 1.54) is 0 Å². The molecule has 0 radical (unpaired) electrons. The summed E-state index contributed by atoms with van der Waals surface area (Å²) in [5.74, 6) is 1.64. The summed E-state index contributed by atoms with van der Waals surface area (Å²) in [6, 6.07) is 7.86. The maximum atomic E-state index is 11.4. The summed E-state index contributed by atoms with van der Waals surface area (Å²) in [6.45, 7) is 5.72. The standard InChI is InChI=1S/C16H28N4O3S.HI/c1-5-17-16(18-11-12-19-24(21,22)6-2)20(3)13-14-7-9-15(23-4)10-8-14;/h7-10,19H,5-6,11-13H2,1-4H3,(H,17,18);1H. The van der Waals surface area contributed by atoms with Crippen LogP contribution >= 0.6 is 24.0 Å². The van der Waals surface area contributed by atoms with Gasteiger partial charge in [-0.15, -0.1) is 24.0 Å². The van der Waals surface area contributed by atoms with E-state index in [2.05, 4.69) is 15.0 Å². The molecule has 144 valence electrons. The smallest absolute Gasteiger partial charge is 0.211 e. The van der Waals surface area contributed by atoms with Gasteiger partial charge in [0.05, 0.1) is 19.4 Å². The lowest BCUT2D eigenvalue weighted by molar-refractivity contribution is 0.414. The van der Waals surface area contributed by atoms with Gasteiger partial charge < -0.3 is 15.0 Å². The molecule has 2 N–H and O–H groups in total. The molecule has 1 aromatic carbocycles. The van der Waals surface area contributed by atoms with Crippen LogP contribution in [0.2, 0.25) is 0 Å². The SMILES string of the molecule is CCNC(=NCCNS(=O)(=O)CC)N(C)Cc1ccc(OC)cc1.I. The molecule has 0 spiro atoms. The molecule has 7 nitrogen and oxygen atoms in total. The Morgan fingerprint density at radius 1 is 1.24 bits per heavy atom. The number of nitrogens with zero attached hydrogens (tertiary/aromatic N) is 2. The maximum Gasteiger partial charge on any atom is 0.211 e. The van der Waals surface area contributed by atoms with Gasteiger partial charge in [-0.25, -0.2) is 13.1 Å². The van der Waals surface area contributed by atoms with Crippen LogP contribution in [0.1, 0.15) is 19.4 Å². The molecule has 0 aliphatic rings. The van der Waals surface area contributed by atoms with Gasteiger partial charge in [-0.05, 0) is 31.5 Å². The highest BCUT2D eigenvalue weighted by molar-refractivity contribution is 14.0. The van der Waals surface area contributed by atoms with Crippen LogP contribution < -0.4 is 14.8 Å². The van der Waals surface area contributed by atoms with Gasteiger partial charge in [0.15, 0.2) is 5.96 Å². The largest absolute Gasteiger partial charge is 0.497 e. The Labute approximate surface area is 168 Å². The third-order valence-electron chi connectivity index (χ3n) is 3.35. The minimum Gasteiger partial charge on any atom is -0.497 e. The number of hydrogen-bond donors (Lipinski definition) is 2. The Morgan fingerprint density at radius 3 is 2.40 bits per heavy atom. The summed E-state index contributed by atoms with van der Waals surface area (Å²) >= 11 is 0. The van der Waals surface area contributed by atoms with E-state index in [1.54, 1.807) is 14.0 Å². The number of guanidine groups is 1. The van der Waals surface area contributed by atoms with Crippen LogP contribution in [0.15, 0.2) is 29.3 Å². The normalized spacial score (nSPS) is 11.6. The number of halogens is 1. The van der Waals surface area contributed by atoms with Gasteiger partial charge in [0, 0.05) is 26.7 Å².